The van der Waals surface area contributed by atoms with Crippen molar-refractivity contribution < 1.29 is 4.74 Å². The zero-order valence-electron chi connectivity index (χ0n) is 12.3. The van der Waals surface area contributed by atoms with Crippen LogP contribution in [0.3, 0.4) is 0 Å². The van der Waals surface area contributed by atoms with Crippen LogP contribution in [-0.2, 0) is 6.42 Å². The van der Waals surface area contributed by atoms with Crippen molar-refractivity contribution in [1.82, 2.24) is 4.90 Å². The lowest BCUT2D eigenvalue weighted by atomic mass is 10.1. The van der Waals surface area contributed by atoms with Gasteiger partial charge in [-0.15, -0.1) is 0 Å². The average Bonchev–Trinajstić information content (AvgIpc) is 2.37. The Kier molecular flexibility index (Phi) is 6.84. The number of ether oxygens (including phenoxy) is 1. The van der Waals surface area contributed by atoms with E-state index in [2.05, 4.69) is 24.1 Å². The monoisotopic (exact) mass is 265 g/mol. The molecule has 1 aromatic carbocycles. The molecule has 1 unspecified atom stereocenters. The molecule has 4 heteroatoms. The summed E-state index contributed by atoms with van der Waals surface area (Å²) in [5, 5.41) is 0. The van der Waals surface area contributed by atoms with Crippen molar-refractivity contribution in [2.75, 3.05) is 26.7 Å². The SMILES string of the molecule is CC(C)Oc1ccc(CCN(C)CC(N)CN)cc1. The van der Waals surface area contributed by atoms with Gasteiger partial charge in [0.15, 0.2) is 0 Å². The molecule has 0 aliphatic rings. The molecule has 19 heavy (non-hydrogen) atoms. The van der Waals surface area contributed by atoms with Gasteiger partial charge in [0, 0.05) is 25.7 Å². The third-order valence-electron chi connectivity index (χ3n) is 2.93. The van der Waals surface area contributed by atoms with Gasteiger partial charge in [-0.1, -0.05) is 12.1 Å². The van der Waals surface area contributed by atoms with Crippen LogP contribution in [0.5, 0.6) is 5.75 Å². The van der Waals surface area contributed by atoms with Crippen molar-refractivity contribution in [3.05, 3.63) is 29.8 Å². The molecule has 1 aromatic rings. The number of nitrogens with zero attached hydrogens (tertiary/aromatic N) is 1. The fourth-order valence-electron chi connectivity index (χ4n) is 1.89. The third-order valence-corrected chi connectivity index (χ3v) is 2.93. The van der Waals surface area contributed by atoms with E-state index in [0.29, 0.717) is 6.54 Å². The van der Waals surface area contributed by atoms with E-state index in [4.69, 9.17) is 16.2 Å². The van der Waals surface area contributed by atoms with E-state index in [0.717, 1.165) is 25.3 Å². The lowest BCUT2D eigenvalue weighted by Gasteiger charge is -2.20. The summed E-state index contributed by atoms with van der Waals surface area (Å²) in [6, 6.07) is 8.36. The quantitative estimate of drug-likeness (QED) is 0.742. The minimum absolute atomic E-state index is 0.0619. The summed E-state index contributed by atoms with van der Waals surface area (Å²) < 4.78 is 5.62. The average molecular weight is 265 g/mol. The molecule has 0 bridgehead atoms. The second kappa shape index (κ2) is 8.15. The summed E-state index contributed by atoms with van der Waals surface area (Å²) in [4.78, 5) is 2.22. The lowest BCUT2D eigenvalue weighted by Crippen LogP contribution is -2.41. The predicted octanol–water partition coefficient (Wildman–Crippen LogP) is 1.23. The van der Waals surface area contributed by atoms with Crippen LogP contribution in [0.2, 0.25) is 0 Å². The van der Waals surface area contributed by atoms with Gasteiger partial charge in [-0.2, -0.15) is 0 Å². The van der Waals surface area contributed by atoms with Crippen LogP contribution >= 0.6 is 0 Å². The fraction of sp³-hybridized carbons (Fsp3) is 0.600. The Bertz CT molecular complexity index is 351. The van der Waals surface area contributed by atoms with E-state index in [1.165, 1.54) is 5.56 Å². The molecule has 4 nitrogen and oxygen atoms in total. The second-order valence-corrected chi connectivity index (χ2v) is 5.32. The van der Waals surface area contributed by atoms with E-state index >= 15 is 0 Å². The number of hydrogen-bond acceptors (Lipinski definition) is 4. The molecule has 108 valence electrons. The van der Waals surface area contributed by atoms with Crippen LogP contribution in [0.15, 0.2) is 24.3 Å². The highest BCUT2D eigenvalue weighted by atomic mass is 16.5. The Hall–Kier alpha value is -1.10. The maximum absolute atomic E-state index is 5.83. The first kappa shape index (κ1) is 16.0. The van der Waals surface area contributed by atoms with Crippen molar-refractivity contribution in [2.24, 2.45) is 11.5 Å². The predicted molar refractivity (Wildman–Crippen MR) is 80.4 cm³/mol. The van der Waals surface area contributed by atoms with E-state index in [-0.39, 0.29) is 12.1 Å². The smallest absolute Gasteiger partial charge is 0.119 e. The van der Waals surface area contributed by atoms with Crippen molar-refractivity contribution >= 4 is 0 Å². The summed E-state index contributed by atoms with van der Waals surface area (Å²) in [6.07, 6.45) is 1.23. The van der Waals surface area contributed by atoms with Gasteiger partial charge in [0.2, 0.25) is 0 Å². The minimum Gasteiger partial charge on any atom is -0.491 e. The van der Waals surface area contributed by atoms with Gasteiger partial charge in [-0.3, -0.25) is 0 Å². The van der Waals surface area contributed by atoms with Gasteiger partial charge in [-0.05, 0) is 45.0 Å². The summed E-state index contributed by atoms with van der Waals surface area (Å²) in [5.74, 6) is 0.928. The first-order chi connectivity index (χ1) is 9.01. The highest BCUT2D eigenvalue weighted by Crippen LogP contribution is 2.14. The van der Waals surface area contributed by atoms with Gasteiger partial charge in [0.1, 0.15) is 5.75 Å². The normalized spacial score (nSPS) is 13.0. The van der Waals surface area contributed by atoms with Gasteiger partial charge >= 0.3 is 0 Å². The number of nitrogens with two attached hydrogens (primary N) is 2. The molecule has 0 fully saturated rings. The van der Waals surface area contributed by atoms with Crippen molar-refractivity contribution in [3.8, 4) is 5.75 Å². The Balaban J connectivity index is 2.37. The Labute approximate surface area is 116 Å². The molecule has 0 amide bonds. The molecule has 0 aliphatic heterocycles. The van der Waals surface area contributed by atoms with Gasteiger partial charge in [-0.25, -0.2) is 0 Å². The van der Waals surface area contributed by atoms with Crippen LogP contribution in [0.25, 0.3) is 0 Å². The number of rotatable bonds is 8. The zero-order valence-corrected chi connectivity index (χ0v) is 12.3. The molecule has 0 saturated carbocycles. The molecule has 0 aromatic heterocycles. The van der Waals surface area contributed by atoms with Crippen LogP contribution in [0.4, 0.5) is 0 Å². The molecule has 4 N–H and O–H groups in total. The molecular formula is C15H27N3O. The number of likely N-dealkylation sites (N-methyl/N-ethyl adjacent to an activating group) is 1. The minimum atomic E-state index is 0.0619. The maximum atomic E-state index is 5.83. The molecule has 0 spiro atoms. The molecule has 1 rings (SSSR count). The van der Waals surface area contributed by atoms with Gasteiger partial charge in [0.05, 0.1) is 6.10 Å². The fourth-order valence-corrected chi connectivity index (χ4v) is 1.89. The zero-order chi connectivity index (χ0) is 14.3. The van der Waals surface area contributed by atoms with E-state index < -0.39 is 0 Å². The largest absolute Gasteiger partial charge is 0.491 e. The molecule has 0 heterocycles. The summed E-state index contributed by atoms with van der Waals surface area (Å²) in [6.45, 7) is 6.42. The van der Waals surface area contributed by atoms with E-state index in [9.17, 15) is 0 Å². The standard InChI is InChI=1S/C15H27N3O/c1-12(2)19-15-6-4-13(5-7-15)8-9-18(3)11-14(17)10-16/h4-7,12,14H,8-11,16-17H2,1-3H3. The number of benzene rings is 1. The van der Waals surface area contributed by atoms with Crippen LogP contribution in [0.1, 0.15) is 19.4 Å². The molecule has 0 aliphatic carbocycles. The topological polar surface area (TPSA) is 64.5 Å². The van der Waals surface area contributed by atoms with Crippen molar-refractivity contribution in [3.63, 3.8) is 0 Å². The van der Waals surface area contributed by atoms with Crippen LogP contribution in [0, 0.1) is 0 Å². The van der Waals surface area contributed by atoms with E-state index in [1.807, 2.05) is 26.0 Å². The number of hydrogen-bond donors (Lipinski definition) is 2. The summed E-state index contributed by atoms with van der Waals surface area (Å²) in [7, 11) is 2.08. The van der Waals surface area contributed by atoms with Gasteiger partial charge < -0.3 is 21.1 Å². The Morgan fingerprint density at radius 3 is 2.37 bits per heavy atom. The first-order valence-electron chi connectivity index (χ1n) is 6.91. The lowest BCUT2D eigenvalue weighted by molar-refractivity contribution is 0.242. The van der Waals surface area contributed by atoms with Gasteiger partial charge in [0.25, 0.3) is 0 Å². The first-order valence-corrected chi connectivity index (χ1v) is 6.91. The van der Waals surface area contributed by atoms with Crippen LogP contribution in [-0.4, -0.2) is 43.7 Å². The molecular weight excluding hydrogens is 238 g/mol. The van der Waals surface area contributed by atoms with E-state index in [1.54, 1.807) is 0 Å². The second-order valence-electron chi connectivity index (χ2n) is 5.32. The van der Waals surface area contributed by atoms with Crippen LogP contribution < -0.4 is 16.2 Å². The highest BCUT2D eigenvalue weighted by Gasteiger charge is 2.05. The van der Waals surface area contributed by atoms with Crippen molar-refractivity contribution in [1.29, 1.82) is 0 Å². The molecule has 0 radical (unpaired) electrons. The Morgan fingerprint density at radius 1 is 1.21 bits per heavy atom. The molecule has 0 saturated heterocycles. The molecule has 1 atom stereocenters. The summed E-state index contributed by atoms with van der Waals surface area (Å²) >= 11 is 0. The highest BCUT2D eigenvalue weighted by molar-refractivity contribution is 5.27. The maximum Gasteiger partial charge on any atom is 0.119 e. The summed E-state index contributed by atoms with van der Waals surface area (Å²) in [5.41, 5.74) is 12.7. The van der Waals surface area contributed by atoms with Crippen molar-refractivity contribution in [2.45, 2.75) is 32.4 Å². The third kappa shape index (κ3) is 6.57. The Morgan fingerprint density at radius 2 is 1.84 bits per heavy atom.